The van der Waals surface area contributed by atoms with Crippen LogP contribution >= 0.6 is 46.4 Å². The molecule has 0 aliphatic heterocycles. The van der Waals surface area contributed by atoms with Crippen LogP contribution in [0.2, 0.25) is 20.1 Å². The normalized spacial score (nSPS) is 9.58. The van der Waals surface area contributed by atoms with Gasteiger partial charge < -0.3 is 15.1 Å². The number of benzene rings is 2. The van der Waals surface area contributed by atoms with Gasteiger partial charge >= 0.3 is 0 Å². The van der Waals surface area contributed by atoms with E-state index >= 15 is 0 Å². The first kappa shape index (κ1) is 31.5. The minimum Gasteiger partial charge on any atom is -0.592 e. The minimum absolute atomic E-state index is 0. The van der Waals surface area contributed by atoms with E-state index in [1.807, 2.05) is 30.3 Å². The van der Waals surface area contributed by atoms with Gasteiger partial charge in [-0.1, -0.05) is 30.1 Å². The Morgan fingerprint density at radius 3 is 1.68 bits per heavy atom. The van der Waals surface area contributed by atoms with Crippen LogP contribution in [0.3, 0.4) is 0 Å². The zero-order valence-electron chi connectivity index (χ0n) is 19.6. The van der Waals surface area contributed by atoms with Crippen molar-refractivity contribution in [1.82, 2.24) is 15.0 Å². The fourth-order valence-electron chi connectivity index (χ4n) is 2.80. The van der Waals surface area contributed by atoms with E-state index in [0.717, 1.165) is 22.5 Å². The second-order valence-electron chi connectivity index (χ2n) is 7.13. The Bertz CT molecular complexity index is 1350. The third kappa shape index (κ3) is 9.84. The number of nitrogens with zero attached hydrogens (tertiary/aromatic N) is 3. The average molecular weight is 760 g/mol. The molecule has 5 rings (SSSR count). The van der Waals surface area contributed by atoms with E-state index in [9.17, 15) is 0 Å². The summed E-state index contributed by atoms with van der Waals surface area (Å²) < 4.78 is 0. The van der Waals surface area contributed by atoms with Crippen molar-refractivity contribution in [1.29, 1.82) is 0 Å². The predicted molar refractivity (Wildman–Crippen MR) is 153 cm³/mol. The van der Waals surface area contributed by atoms with Crippen LogP contribution in [0.5, 0.6) is 0 Å². The van der Waals surface area contributed by atoms with Gasteiger partial charge in [0.2, 0.25) is 0 Å². The SMILES string of the molecule is C=C([OH2+])c1ccccn1.Clc1c[c-]c(-c2c[c-]ccn2)c(Cl)c1.Clc1c[c-]c(-c2ccccn2)c(Cl)c1.[Ir]. The number of hydrogen-bond donors (Lipinski definition) is 0. The molecule has 5 aromatic rings. The summed E-state index contributed by atoms with van der Waals surface area (Å²) in [5, 5.41) is 9.32. The van der Waals surface area contributed by atoms with Crippen molar-refractivity contribution in [2.24, 2.45) is 0 Å². The molecule has 195 valence electrons. The summed E-state index contributed by atoms with van der Waals surface area (Å²) in [6.07, 6.45) is 5.03. The van der Waals surface area contributed by atoms with Crippen LogP contribution in [0, 0.1) is 18.2 Å². The molecule has 0 saturated carbocycles. The van der Waals surface area contributed by atoms with Crippen LogP contribution in [0.15, 0.2) is 98.0 Å². The van der Waals surface area contributed by atoms with E-state index in [4.69, 9.17) is 51.5 Å². The zero-order chi connectivity index (χ0) is 26.6. The molecule has 0 bridgehead atoms. The number of halogens is 4. The monoisotopic (exact) mass is 758 g/mol. The Kier molecular flexibility index (Phi) is 13.5. The molecule has 0 spiro atoms. The Balaban J connectivity index is 0.000000203. The Morgan fingerprint density at radius 1 is 0.711 bits per heavy atom. The quantitative estimate of drug-likeness (QED) is 0.106. The molecular formula is C29H19Cl4IrN3O-2. The van der Waals surface area contributed by atoms with Crippen LogP contribution in [0.1, 0.15) is 5.69 Å². The van der Waals surface area contributed by atoms with Gasteiger partial charge in [0.25, 0.3) is 5.76 Å². The molecule has 0 atom stereocenters. The summed E-state index contributed by atoms with van der Waals surface area (Å²) >= 11 is 23.5. The minimum atomic E-state index is 0. The molecule has 0 saturated heterocycles. The molecule has 0 fully saturated rings. The standard InChI is InChI=1S/C11H6Cl2N.C11H5Cl2N.C7H7NO.Ir/c2*12-8-4-5-9(10(13)7-8)11-3-1-2-6-14-11;1-6(9)7-4-2-3-5-8-7;/h1-4,6-7H;2-4,6-7H;2-5,9H,1H2;/q-1;-2;;/p+1. The summed E-state index contributed by atoms with van der Waals surface area (Å²) in [4.78, 5) is 12.2. The van der Waals surface area contributed by atoms with Crippen LogP contribution in [0.25, 0.3) is 28.3 Å². The zero-order valence-corrected chi connectivity index (χ0v) is 25.0. The molecule has 3 heterocycles. The Morgan fingerprint density at radius 2 is 1.26 bits per heavy atom. The maximum absolute atomic E-state index is 7.06. The van der Waals surface area contributed by atoms with E-state index in [-0.39, 0.29) is 25.9 Å². The van der Waals surface area contributed by atoms with E-state index in [1.165, 1.54) is 0 Å². The topological polar surface area (TPSA) is 61.6 Å². The van der Waals surface area contributed by atoms with Crippen molar-refractivity contribution in [3.05, 3.63) is 142 Å². The summed E-state index contributed by atoms with van der Waals surface area (Å²) in [6.45, 7) is 3.43. The van der Waals surface area contributed by atoms with Gasteiger partial charge in [-0.05, 0) is 50.6 Å². The first-order chi connectivity index (χ1) is 17.8. The molecule has 0 unspecified atom stereocenters. The molecule has 2 aromatic carbocycles. The van der Waals surface area contributed by atoms with Crippen molar-refractivity contribution < 1.29 is 25.2 Å². The number of aromatic nitrogens is 3. The summed E-state index contributed by atoms with van der Waals surface area (Å²) in [6, 6.07) is 30.1. The summed E-state index contributed by atoms with van der Waals surface area (Å²) in [7, 11) is 0. The smallest absolute Gasteiger partial charge is 0.272 e. The van der Waals surface area contributed by atoms with Crippen LogP contribution in [-0.2, 0) is 20.1 Å². The van der Waals surface area contributed by atoms with E-state index in [2.05, 4.69) is 39.7 Å². The number of pyridine rings is 3. The molecule has 9 heteroatoms. The molecule has 0 aliphatic rings. The molecule has 0 amide bonds. The maximum atomic E-state index is 7.06. The largest absolute Gasteiger partial charge is 0.592 e. The molecule has 1 radical (unpaired) electrons. The van der Waals surface area contributed by atoms with Gasteiger partial charge in [-0.15, -0.1) is 93.9 Å². The molecule has 4 nitrogen and oxygen atoms in total. The third-order valence-electron chi connectivity index (χ3n) is 4.47. The maximum Gasteiger partial charge on any atom is 0.272 e. The molecule has 2 N–H and O–H groups in total. The van der Waals surface area contributed by atoms with Crippen molar-refractivity contribution in [3.8, 4) is 22.5 Å². The van der Waals surface area contributed by atoms with Gasteiger partial charge in [-0.2, -0.15) is 18.2 Å². The second-order valence-corrected chi connectivity index (χ2v) is 8.82. The fraction of sp³-hybridized carbons (Fsp3) is 0. The first-order valence-corrected chi connectivity index (χ1v) is 12.2. The molecule has 0 aliphatic carbocycles. The number of hydrogen-bond acceptors (Lipinski definition) is 3. The fourth-order valence-corrected chi connectivity index (χ4v) is 3.77. The van der Waals surface area contributed by atoms with Crippen LogP contribution < -0.4 is 0 Å². The summed E-state index contributed by atoms with van der Waals surface area (Å²) in [5.41, 5.74) is 3.70. The molecule has 3 aromatic heterocycles. The molecule has 38 heavy (non-hydrogen) atoms. The van der Waals surface area contributed by atoms with E-state index in [1.54, 1.807) is 61.1 Å². The second kappa shape index (κ2) is 16.3. The first-order valence-electron chi connectivity index (χ1n) is 10.6. The third-order valence-corrected chi connectivity index (χ3v) is 5.50. The van der Waals surface area contributed by atoms with Gasteiger partial charge in [0.05, 0.1) is 0 Å². The summed E-state index contributed by atoms with van der Waals surface area (Å²) in [5.74, 6) is 0.260. The van der Waals surface area contributed by atoms with Crippen molar-refractivity contribution in [2.45, 2.75) is 0 Å². The molecular weight excluding hydrogens is 740 g/mol. The van der Waals surface area contributed by atoms with Gasteiger partial charge in [-0.3, -0.25) is 0 Å². The van der Waals surface area contributed by atoms with Crippen molar-refractivity contribution in [2.75, 3.05) is 0 Å². The van der Waals surface area contributed by atoms with Gasteiger partial charge in [0.1, 0.15) is 0 Å². The van der Waals surface area contributed by atoms with Crippen molar-refractivity contribution >= 4 is 52.2 Å². The van der Waals surface area contributed by atoms with Crippen LogP contribution in [-0.4, -0.2) is 20.1 Å². The van der Waals surface area contributed by atoms with Gasteiger partial charge in [0, 0.05) is 32.5 Å². The van der Waals surface area contributed by atoms with Gasteiger partial charge in [-0.25, -0.2) is 4.98 Å². The van der Waals surface area contributed by atoms with E-state index in [0.29, 0.717) is 25.8 Å². The Hall–Kier alpha value is -2.76. The van der Waals surface area contributed by atoms with Gasteiger partial charge in [0.15, 0.2) is 5.69 Å². The average Bonchev–Trinajstić information content (AvgIpc) is 2.91. The van der Waals surface area contributed by atoms with E-state index < -0.39 is 0 Å². The van der Waals surface area contributed by atoms with Crippen molar-refractivity contribution in [3.63, 3.8) is 0 Å². The Labute approximate surface area is 255 Å². The van der Waals surface area contributed by atoms with Crippen LogP contribution in [0.4, 0.5) is 0 Å². The predicted octanol–water partition coefficient (Wildman–Crippen LogP) is 8.29. The number of rotatable bonds is 3.